The second-order valence-electron chi connectivity index (χ2n) is 18.1. The minimum Gasteiger partial charge on any atom is -0.462 e. The Morgan fingerprint density at radius 2 is 0.846 bits per heavy atom. The topological polar surface area (TPSA) is 95.9 Å². The quantitative estimate of drug-likeness (QED) is 0.0321. The Hall–Kier alpha value is -3.22. The summed E-state index contributed by atoms with van der Waals surface area (Å²) in [4.78, 5) is 26.1. The van der Waals surface area contributed by atoms with E-state index in [2.05, 4.69) is 86.8 Å². The number of hydrogen-bond donors (Lipinski definition) is 3. The first kappa shape index (κ1) is 61.8. The third kappa shape index (κ3) is 47.1. The van der Waals surface area contributed by atoms with Gasteiger partial charge in [0.2, 0.25) is 5.91 Å². The molecule has 0 spiro atoms. The van der Waals surface area contributed by atoms with Gasteiger partial charge >= 0.3 is 5.97 Å². The molecule has 3 unspecified atom stereocenters. The first-order valence-electron chi connectivity index (χ1n) is 27.1. The van der Waals surface area contributed by atoms with Crippen LogP contribution in [0.15, 0.2) is 97.2 Å². The van der Waals surface area contributed by atoms with Gasteiger partial charge in [0.15, 0.2) is 0 Å². The average Bonchev–Trinajstić information content (AvgIpc) is 3.30. The molecule has 3 N–H and O–H groups in total. The molecule has 0 rings (SSSR count). The van der Waals surface area contributed by atoms with Crippen molar-refractivity contribution in [2.45, 2.75) is 257 Å². The molecule has 0 radical (unpaired) electrons. The fourth-order valence-corrected chi connectivity index (χ4v) is 7.75. The first-order chi connectivity index (χ1) is 32.0. The molecule has 0 saturated carbocycles. The number of nitrogens with one attached hydrogen (secondary N) is 1. The van der Waals surface area contributed by atoms with Crippen molar-refractivity contribution in [1.29, 1.82) is 0 Å². The van der Waals surface area contributed by atoms with Crippen molar-refractivity contribution in [2.75, 3.05) is 6.61 Å². The molecule has 0 aliphatic rings. The van der Waals surface area contributed by atoms with E-state index in [0.29, 0.717) is 19.3 Å². The third-order valence-electron chi connectivity index (χ3n) is 11.8. The first-order valence-corrected chi connectivity index (χ1v) is 27.1. The van der Waals surface area contributed by atoms with Crippen molar-refractivity contribution in [1.82, 2.24) is 5.32 Å². The maximum atomic E-state index is 13.2. The summed E-state index contributed by atoms with van der Waals surface area (Å²) in [5.74, 6) is -0.574. The summed E-state index contributed by atoms with van der Waals surface area (Å²) in [6.07, 6.45) is 69.0. The van der Waals surface area contributed by atoms with Crippen molar-refractivity contribution < 1.29 is 24.5 Å². The summed E-state index contributed by atoms with van der Waals surface area (Å²) in [7, 11) is 0. The summed E-state index contributed by atoms with van der Waals surface area (Å²) >= 11 is 0. The van der Waals surface area contributed by atoms with E-state index < -0.39 is 18.2 Å². The van der Waals surface area contributed by atoms with Crippen LogP contribution in [-0.2, 0) is 14.3 Å². The molecule has 6 nitrogen and oxygen atoms in total. The van der Waals surface area contributed by atoms with E-state index in [4.69, 9.17) is 4.74 Å². The van der Waals surface area contributed by atoms with Gasteiger partial charge in [-0.25, -0.2) is 0 Å². The second kappa shape index (κ2) is 51.8. The molecule has 0 fully saturated rings. The Labute approximate surface area is 401 Å². The molecule has 0 aromatic rings. The maximum absolute atomic E-state index is 13.2. The zero-order valence-corrected chi connectivity index (χ0v) is 42.3. The van der Waals surface area contributed by atoms with Crippen LogP contribution in [0.25, 0.3) is 0 Å². The molecule has 6 heteroatoms. The lowest BCUT2D eigenvalue weighted by atomic mass is 10.0. The highest BCUT2D eigenvalue weighted by Gasteiger charge is 2.24. The van der Waals surface area contributed by atoms with Crippen LogP contribution in [0.3, 0.4) is 0 Å². The van der Waals surface area contributed by atoms with Crippen LogP contribution < -0.4 is 5.32 Å². The Balaban J connectivity index is 4.59. The van der Waals surface area contributed by atoms with E-state index in [1.165, 1.54) is 109 Å². The van der Waals surface area contributed by atoms with Gasteiger partial charge in [0.05, 0.1) is 25.2 Å². The number of aliphatic hydroxyl groups excluding tert-OH is 2. The molecule has 372 valence electrons. The third-order valence-corrected chi connectivity index (χ3v) is 11.8. The molecule has 0 aliphatic heterocycles. The van der Waals surface area contributed by atoms with E-state index in [1.54, 1.807) is 0 Å². The Morgan fingerprint density at radius 1 is 0.462 bits per heavy atom. The summed E-state index contributed by atoms with van der Waals surface area (Å²) in [5, 5.41) is 23.8. The summed E-state index contributed by atoms with van der Waals surface area (Å²) in [5.41, 5.74) is 0. The lowest BCUT2D eigenvalue weighted by Gasteiger charge is -2.24. The molecule has 3 atom stereocenters. The molecule has 0 aromatic heterocycles. The van der Waals surface area contributed by atoms with E-state index in [0.717, 1.165) is 83.5 Å². The predicted octanol–water partition coefficient (Wildman–Crippen LogP) is 16.5. The van der Waals surface area contributed by atoms with E-state index in [1.807, 2.05) is 36.5 Å². The monoisotopic (exact) mass is 904 g/mol. The van der Waals surface area contributed by atoms with Crippen molar-refractivity contribution >= 4 is 11.9 Å². The van der Waals surface area contributed by atoms with Gasteiger partial charge in [0.25, 0.3) is 0 Å². The molecule has 0 aliphatic carbocycles. The number of unbranched alkanes of at least 4 members (excludes halogenated alkanes) is 25. The van der Waals surface area contributed by atoms with Crippen molar-refractivity contribution in [2.24, 2.45) is 0 Å². The number of esters is 1. The molecule has 0 saturated heterocycles. The number of allylic oxidation sites excluding steroid dienone is 16. The van der Waals surface area contributed by atoms with Crippen LogP contribution in [0, 0.1) is 0 Å². The SMILES string of the molecule is CC/C=C/C=C/C=C\C=C/CCCC(CC(=O)NC(CO)C(O)CCCCCCCCCCCCCCCCCCC)OC(=O)CCCCCCC/C=C/C=C/C=C/C=C/CCCCC. The standard InChI is InChI=1S/C59H101NO5/c1-4-7-10-13-16-19-22-24-26-28-30-32-34-37-40-43-46-49-52-59(64)65-55(50-47-44-41-38-35-21-18-15-12-9-6-3)53-58(63)60-56(54-61)57(62)51-48-45-42-39-36-33-31-29-27-25-23-20-17-14-11-8-5-2/h9,12,15-16,18-19,21-22,24,26,28,30,32,35,38,41,55-57,61-62H,4-8,10-11,13-14,17,20,23,25,27,29,31,33-34,36-37,39-40,42-54H2,1-3H3,(H,60,63)/b12-9+,18-15+,19-16+,24-22+,28-26+,32-30+,35-21-,41-38-. The largest absolute Gasteiger partial charge is 0.462 e. The molecule has 0 aromatic carbocycles. The normalized spacial score (nSPS) is 14.0. The molecule has 65 heavy (non-hydrogen) atoms. The summed E-state index contributed by atoms with van der Waals surface area (Å²) in [6, 6.07) is -0.734. The van der Waals surface area contributed by atoms with Crippen LogP contribution in [0.4, 0.5) is 0 Å². The van der Waals surface area contributed by atoms with Crippen LogP contribution >= 0.6 is 0 Å². The Morgan fingerprint density at radius 3 is 1.32 bits per heavy atom. The van der Waals surface area contributed by atoms with Crippen molar-refractivity contribution in [3.05, 3.63) is 97.2 Å². The number of carbonyl (C=O) groups excluding carboxylic acids is 2. The minimum atomic E-state index is -0.815. The predicted molar refractivity (Wildman–Crippen MR) is 282 cm³/mol. The van der Waals surface area contributed by atoms with Gasteiger partial charge in [-0.15, -0.1) is 0 Å². The fourth-order valence-electron chi connectivity index (χ4n) is 7.75. The van der Waals surface area contributed by atoms with Crippen LogP contribution in [0.1, 0.15) is 239 Å². The van der Waals surface area contributed by atoms with Gasteiger partial charge in [-0.2, -0.15) is 0 Å². The smallest absolute Gasteiger partial charge is 0.306 e. The maximum Gasteiger partial charge on any atom is 0.306 e. The number of amides is 1. The van der Waals surface area contributed by atoms with E-state index in [-0.39, 0.29) is 24.9 Å². The highest BCUT2D eigenvalue weighted by molar-refractivity contribution is 5.77. The zero-order valence-electron chi connectivity index (χ0n) is 42.3. The highest BCUT2D eigenvalue weighted by atomic mass is 16.5. The van der Waals surface area contributed by atoms with Crippen molar-refractivity contribution in [3.8, 4) is 0 Å². The molecule has 1 amide bonds. The van der Waals surface area contributed by atoms with Crippen LogP contribution in [0.5, 0.6) is 0 Å². The number of aliphatic hydroxyl groups is 2. The summed E-state index contributed by atoms with van der Waals surface area (Å²) in [6.45, 7) is 6.28. The van der Waals surface area contributed by atoms with Crippen LogP contribution in [-0.4, -0.2) is 46.9 Å². The molecular weight excluding hydrogens is 803 g/mol. The zero-order chi connectivity index (χ0) is 47.4. The van der Waals surface area contributed by atoms with Crippen molar-refractivity contribution in [3.63, 3.8) is 0 Å². The van der Waals surface area contributed by atoms with Gasteiger partial charge in [-0.3, -0.25) is 9.59 Å². The Bertz CT molecular complexity index is 1290. The van der Waals surface area contributed by atoms with Gasteiger partial charge in [-0.1, -0.05) is 259 Å². The number of rotatable bonds is 47. The highest BCUT2D eigenvalue weighted by Crippen LogP contribution is 2.17. The fraction of sp³-hybridized carbons (Fsp3) is 0.695. The Kier molecular flexibility index (Phi) is 49.2. The number of hydrogen-bond acceptors (Lipinski definition) is 5. The molecule has 0 bridgehead atoms. The van der Waals surface area contributed by atoms with Gasteiger partial charge < -0.3 is 20.3 Å². The van der Waals surface area contributed by atoms with Gasteiger partial charge in [-0.05, 0) is 64.2 Å². The van der Waals surface area contributed by atoms with Gasteiger partial charge in [0.1, 0.15) is 6.10 Å². The molecular formula is C59H101NO5. The molecule has 0 heterocycles. The van der Waals surface area contributed by atoms with Gasteiger partial charge in [0, 0.05) is 6.42 Å². The van der Waals surface area contributed by atoms with E-state index >= 15 is 0 Å². The lowest BCUT2D eigenvalue weighted by Crippen LogP contribution is -2.46. The average molecular weight is 904 g/mol. The summed E-state index contributed by atoms with van der Waals surface area (Å²) < 4.78 is 5.89. The van der Waals surface area contributed by atoms with E-state index in [9.17, 15) is 19.8 Å². The lowest BCUT2D eigenvalue weighted by molar-refractivity contribution is -0.151. The minimum absolute atomic E-state index is 0.0168. The number of carbonyl (C=O) groups is 2. The number of ether oxygens (including phenoxy) is 1. The second-order valence-corrected chi connectivity index (χ2v) is 18.1. The van der Waals surface area contributed by atoms with Crippen LogP contribution in [0.2, 0.25) is 0 Å².